The Kier molecular flexibility index (Phi) is 3.78. The topological polar surface area (TPSA) is 52.8 Å². The second-order valence-corrected chi connectivity index (χ2v) is 5.88. The highest BCUT2D eigenvalue weighted by atomic mass is 35.5. The van der Waals surface area contributed by atoms with Crippen LogP contribution in [0.3, 0.4) is 0 Å². The van der Waals surface area contributed by atoms with Crippen LogP contribution in [0.1, 0.15) is 32.0 Å². The summed E-state index contributed by atoms with van der Waals surface area (Å²) < 4.78 is 7.39. The molecule has 3 rings (SSSR count). The van der Waals surface area contributed by atoms with E-state index in [9.17, 15) is 0 Å². The second-order valence-electron chi connectivity index (χ2n) is 5.61. The predicted molar refractivity (Wildman–Crippen MR) is 77.9 cm³/mol. The summed E-state index contributed by atoms with van der Waals surface area (Å²) in [6.45, 7) is 3.25. The van der Waals surface area contributed by atoms with Gasteiger partial charge in [0.15, 0.2) is 11.2 Å². The molecule has 1 saturated carbocycles. The molecular formula is C14H19ClN4O. The smallest absolute Gasteiger partial charge is 0.245 e. The first kappa shape index (κ1) is 13.6. The first-order valence-corrected chi connectivity index (χ1v) is 7.56. The number of halogens is 1. The number of hydrogen-bond acceptors (Lipinski definition) is 4. The Bertz CT molecular complexity index is 612. The maximum atomic E-state index is 6.04. The quantitative estimate of drug-likeness (QED) is 0.814. The van der Waals surface area contributed by atoms with Crippen molar-refractivity contribution in [3.8, 4) is 5.88 Å². The molecular weight excluding hydrogens is 276 g/mol. The Balaban J connectivity index is 2.00. The molecule has 2 heterocycles. The number of methoxy groups -OCH3 is 1. The molecule has 2 aromatic heterocycles. The van der Waals surface area contributed by atoms with Crippen LogP contribution >= 0.6 is 11.6 Å². The fourth-order valence-corrected chi connectivity index (χ4v) is 3.36. The summed E-state index contributed by atoms with van der Waals surface area (Å²) in [7, 11) is 1.60. The average molecular weight is 295 g/mol. The van der Waals surface area contributed by atoms with Gasteiger partial charge in [0.05, 0.1) is 13.0 Å². The molecule has 108 valence electrons. The van der Waals surface area contributed by atoms with Crippen molar-refractivity contribution >= 4 is 22.8 Å². The average Bonchev–Trinajstić information content (AvgIpc) is 3.03. The number of nitrogens with zero attached hydrogens (tertiary/aromatic N) is 4. The summed E-state index contributed by atoms with van der Waals surface area (Å²) in [5, 5.41) is 0. The fraction of sp³-hybridized carbons (Fsp3) is 0.643. The lowest BCUT2D eigenvalue weighted by atomic mass is 10.1. The zero-order chi connectivity index (χ0) is 14.1. The minimum Gasteiger partial charge on any atom is -0.479 e. The lowest BCUT2D eigenvalue weighted by Crippen LogP contribution is -2.11. The number of imidazole rings is 1. The predicted octanol–water partition coefficient (Wildman–Crippen LogP) is 3.01. The second kappa shape index (κ2) is 5.56. The molecule has 2 atom stereocenters. The molecule has 6 heteroatoms. The summed E-state index contributed by atoms with van der Waals surface area (Å²) in [6, 6.07) is 0. The Morgan fingerprint density at radius 3 is 2.90 bits per heavy atom. The highest BCUT2D eigenvalue weighted by Gasteiger charge is 2.24. The Morgan fingerprint density at radius 1 is 1.40 bits per heavy atom. The van der Waals surface area contributed by atoms with Gasteiger partial charge < -0.3 is 9.30 Å². The lowest BCUT2D eigenvalue weighted by molar-refractivity contribution is 0.401. The zero-order valence-electron chi connectivity index (χ0n) is 11.8. The van der Waals surface area contributed by atoms with Gasteiger partial charge in [0, 0.05) is 6.54 Å². The Hall–Kier alpha value is -1.36. The molecule has 0 radical (unpaired) electrons. The molecule has 1 aliphatic carbocycles. The summed E-state index contributed by atoms with van der Waals surface area (Å²) in [6.07, 6.45) is 5.37. The first-order valence-electron chi connectivity index (χ1n) is 7.03. The van der Waals surface area contributed by atoms with Gasteiger partial charge in [-0.15, -0.1) is 11.6 Å². The third-order valence-electron chi connectivity index (χ3n) is 4.13. The molecule has 2 aromatic rings. The van der Waals surface area contributed by atoms with Crippen molar-refractivity contribution in [2.75, 3.05) is 7.11 Å². The van der Waals surface area contributed by atoms with Crippen molar-refractivity contribution in [1.29, 1.82) is 0 Å². The summed E-state index contributed by atoms with van der Waals surface area (Å²) >= 11 is 6.04. The molecule has 0 bridgehead atoms. The number of aromatic nitrogens is 4. The largest absolute Gasteiger partial charge is 0.479 e. The van der Waals surface area contributed by atoms with Gasteiger partial charge in [0.25, 0.3) is 0 Å². The molecule has 1 aliphatic rings. The van der Waals surface area contributed by atoms with Crippen LogP contribution in [-0.4, -0.2) is 26.6 Å². The van der Waals surface area contributed by atoms with Gasteiger partial charge in [-0.2, -0.15) is 4.98 Å². The van der Waals surface area contributed by atoms with E-state index in [1.807, 2.05) is 0 Å². The summed E-state index contributed by atoms with van der Waals surface area (Å²) in [4.78, 5) is 13.0. The van der Waals surface area contributed by atoms with Crippen LogP contribution in [0.2, 0.25) is 0 Å². The maximum absolute atomic E-state index is 6.04. The van der Waals surface area contributed by atoms with Crippen molar-refractivity contribution in [2.45, 2.75) is 38.6 Å². The SMILES string of the molecule is COc1ncnc2c1nc(CCl)n2CC1CCC(C)C1. The number of alkyl halides is 1. The lowest BCUT2D eigenvalue weighted by Gasteiger charge is -2.13. The van der Waals surface area contributed by atoms with Crippen LogP contribution < -0.4 is 4.74 Å². The van der Waals surface area contributed by atoms with Crippen LogP contribution in [0, 0.1) is 11.8 Å². The molecule has 0 amide bonds. The van der Waals surface area contributed by atoms with E-state index in [0.29, 0.717) is 23.2 Å². The van der Waals surface area contributed by atoms with Gasteiger partial charge >= 0.3 is 0 Å². The van der Waals surface area contributed by atoms with Crippen molar-refractivity contribution in [1.82, 2.24) is 19.5 Å². The van der Waals surface area contributed by atoms with Gasteiger partial charge in [0.1, 0.15) is 12.2 Å². The molecule has 0 spiro atoms. The molecule has 0 aromatic carbocycles. The molecule has 1 fully saturated rings. The Labute approximate surface area is 123 Å². The number of ether oxygens (including phenoxy) is 1. The Morgan fingerprint density at radius 2 is 2.25 bits per heavy atom. The first-order chi connectivity index (χ1) is 9.72. The fourth-order valence-electron chi connectivity index (χ4n) is 3.15. The highest BCUT2D eigenvalue weighted by molar-refractivity contribution is 6.16. The monoisotopic (exact) mass is 294 g/mol. The van der Waals surface area contributed by atoms with E-state index < -0.39 is 0 Å². The number of fused-ring (bicyclic) bond motifs is 1. The van der Waals surface area contributed by atoms with Gasteiger partial charge in [0.2, 0.25) is 5.88 Å². The number of hydrogen-bond donors (Lipinski definition) is 0. The molecule has 0 aliphatic heterocycles. The van der Waals surface area contributed by atoms with Gasteiger partial charge in [-0.1, -0.05) is 13.3 Å². The standard InChI is InChI=1S/C14H19ClN4O/c1-9-3-4-10(5-9)7-19-11(6-15)18-12-13(19)16-8-17-14(12)20-2/h8-10H,3-7H2,1-2H3. The van der Waals surface area contributed by atoms with Gasteiger partial charge in [-0.25, -0.2) is 9.97 Å². The minimum absolute atomic E-state index is 0.377. The third-order valence-corrected chi connectivity index (χ3v) is 4.37. The van der Waals surface area contributed by atoms with Crippen LogP contribution in [-0.2, 0) is 12.4 Å². The van der Waals surface area contributed by atoms with Gasteiger partial charge in [-0.05, 0) is 24.7 Å². The van der Waals surface area contributed by atoms with E-state index in [0.717, 1.165) is 23.9 Å². The van der Waals surface area contributed by atoms with Crippen molar-refractivity contribution < 1.29 is 4.74 Å². The van der Waals surface area contributed by atoms with E-state index in [-0.39, 0.29) is 0 Å². The summed E-state index contributed by atoms with van der Waals surface area (Å²) in [5.74, 6) is 3.24. The zero-order valence-corrected chi connectivity index (χ0v) is 12.6. The molecule has 0 saturated heterocycles. The van der Waals surface area contributed by atoms with Crippen LogP contribution in [0.4, 0.5) is 0 Å². The van der Waals surface area contributed by atoms with Crippen LogP contribution in [0.15, 0.2) is 6.33 Å². The third kappa shape index (κ3) is 2.35. The molecule has 0 N–H and O–H groups in total. The molecule has 2 unspecified atom stereocenters. The van der Waals surface area contributed by atoms with E-state index in [4.69, 9.17) is 16.3 Å². The van der Waals surface area contributed by atoms with E-state index in [1.54, 1.807) is 7.11 Å². The number of rotatable bonds is 4. The van der Waals surface area contributed by atoms with E-state index in [1.165, 1.54) is 25.6 Å². The normalized spacial score (nSPS) is 22.6. The van der Waals surface area contributed by atoms with E-state index in [2.05, 4.69) is 26.4 Å². The van der Waals surface area contributed by atoms with Crippen LogP contribution in [0.5, 0.6) is 5.88 Å². The van der Waals surface area contributed by atoms with Crippen LogP contribution in [0.25, 0.3) is 11.2 Å². The summed E-state index contributed by atoms with van der Waals surface area (Å²) in [5.41, 5.74) is 1.53. The minimum atomic E-state index is 0.377. The van der Waals surface area contributed by atoms with Crippen molar-refractivity contribution in [3.05, 3.63) is 12.2 Å². The molecule has 20 heavy (non-hydrogen) atoms. The van der Waals surface area contributed by atoms with Crippen molar-refractivity contribution in [3.63, 3.8) is 0 Å². The highest BCUT2D eigenvalue weighted by Crippen LogP contribution is 2.33. The maximum Gasteiger partial charge on any atom is 0.245 e. The van der Waals surface area contributed by atoms with Crippen molar-refractivity contribution in [2.24, 2.45) is 11.8 Å². The molecule has 5 nitrogen and oxygen atoms in total. The van der Waals surface area contributed by atoms with E-state index >= 15 is 0 Å². The van der Waals surface area contributed by atoms with Gasteiger partial charge in [-0.3, -0.25) is 0 Å².